The van der Waals surface area contributed by atoms with Gasteiger partial charge < -0.3 is 29.0 Å². The normalized spacial score (nSPS) is 21.7. The van der Waals surface area contributed by atoms with Gasteiger partial charge in [0.25, 0.3) is 0 Å². The third-order valence-electron chi connectivity index (χ3n) is 5.48. The largest absolute Gasteiger partial charge is 0.497 e. The van der Waals surface area contributed by atoms with Gasteiger partial charge in [0.05, 0.1) is 19.8 Å². The highest BCUT2D eigenvalue weighted by molar-refractivity contribution is 5.96. The van der Waals surface area contributed by atoms with Crippen LogP contribution < -0.4 is 24.3 Å². The average Bonchev–Trinajstić information content (AvgIpc) is 3.17. The molecule has 3 aliphatic rings. The van der Waals surface area contributed by atoms with E-state index in [4.69, 9.17) is 23.7 Å². The predicted octanol–water partition coefficient (Wildman–Crippen LogP) is 3.58. The van der Waals surface area contributed by atoms with Gasteiger partial charge in [-0.3, -0.25) is 0 Å². The first-order valence-electron chi connectivity index (χ1n) is 9.45. The lowest BCUT2D eigenvalue weighted by Crippen LogP contribution is -2.33. The molecule has 7 heteroatoms. The van der Waals surface area contributed by atoms with Crippen LogP contribution in [0.5, 0.6) is 23.0 Å². The van der Waals surface area contributed by atoms with Crippen LogP contribution in [-0.4, -0.2) is 33.1 Å². The number of nitrogens with one attached hydrogen (secondary N) is 1. The van der Waals surface area contributed by atoms with Crippen LogP contribution >= 0.6 is 0 Å². The van der Waals surface area contributed by atoms with Gasteiger partial charge >= 0.3 is 5.97 Å². The van der Waals surface area contributed by atoms with E-state index in [0.717, 1.165) is 22.5 Å². The Kier molecular flexibility index (Phi) is 4.04. The van der Waals surface area contributed by atoms with E-state index in [1.807, 2.05) is 37.3 Å². The van der Waals surface area contributed by atoms with E-state index < -0.39 is 0 Å². The highest BCUT2D eigenvalue weighted by Crippen LogP contribution is 2.50. The average molecular weight is 395 g/mol. The molecule has 150 valence electrons. The minimum absolute atomic E-state index is 0.183. The van der Waals surface area contributed by atoms with Crippen LogP contribution in [0.3, 0.4) is 0 Å². The van der Waals surface area contributed by atoms with Crippen molar-refractivity contribution in [3.8, 4) is 23.0 Å². The van der Waals surface area contributed by atoms with Crippen molar-refractivity contribution in [3.63, 3.8) is 0 Å². The van der Waals surface area contributed by atoms with Crippen LogP contribution in [0.2, 0.25) is 0 Å². The molecule has 0 spiro atoms. The summed E-state index contributed by atoms with van der Waals surface area (Å²) in [6, 6.07) is 9.50. The van der Waals surface area contributed by atoms with Crippen molar-refractivity contribution in [2.75, 3.05) is 26.3 Å². The molecule has 0 saturated heterocycles. The number of rotatable bonds is 3. The first-order chi connectivity index (χ1) is 14.1. The van der Waals surface area contributed by atoms with Crippen molar-refractivity contribution < 1.29 is 28.5 Å². The lowest BCUT2D eigenvalue weighted by atomic mass is 9.78. The molecule has 0 saturated carbocycles. The fourth-order valence-corrected chi connectivity index (χ4v) is 4.18. The molecule has 0 amide bonds. The molecule has 0 bridgehead atoms. The number of ether oxygens (including phenoxy) is 5. The van der Waals surface area contributed by atoms with Crippen molar-refractivity contribution in [2.45, 2.75) is 25.4 Å². The molecular weight excluding hydrogens is 374 g/mol. The number of hydrogen-bond acceptors (Lipinski definition) is 7. The molecule has 0 radical (unpaired) electrons. The summed E-state index contributed by atoms with van der Waals surface area (Å²) in [4.78, 5) is 12.9. The third kappa shape index (κ3) is 2.85. The van der Waals surface area contributed by atoms with E-state index in [-0.39, 0.29) is 24.8 Å². The molecular formula is C22H21NO6. The second-order valence-corrected chi connectivity index (χ2v) is 7.31. The van der Waals surface area contributed by atoms with E-state index in [9.17, 15) is 4.79 Å². The minimum Gasteiger partial charge on any atom is -0.497 e. The number of carbonyl (C=O) groups is 1. The zero-order valence-electron chi connectivity index (χ0n) is 16.4. The highest BCUT2D eigenvalue weighted by Gasteiger charge is 2.39. The fraction of sp³-hybridized carbons (Fsp3) is 0.318. The number of fused-ring (bicyclic) bond motifs is 2. The van der Waals surface area contributed by atoms with Gasteiger partial charge in [-0.25, -0.2) is 4.79 Å². The summed E-state index contributed by atoms with van der Waals surface area (Å²) in [6.45, 7) is 2.07. The van der Waals surface area contributed by atoms with Crippen LogP contribution in [0.25, 0.3) is 0 Å². The predicted molar refractivity (Wildman–Crippen MR) is 105 cm³/mol. The van der Waals surface area contributed by atoms with Gasteiger partial charge in [-0.2, -0.15) is 0 Å². The summed E-state index contributed by atoms with van der Waals surface area (Å²) in [5.41, 5.74) is 4.15. The first kappa shape index (κ1) is 17.7. The van der Waals surface area contributed by atoms with E-state index in [2.05, 4.69) is 5.32 Å². The second-order valence-electron chi connectivity index (χ2n) is 7.31. The monoisotopic (exact) mass is 395 g/mol. The molecule has 3 aliphatic heterocycles. The maximum atomic E-state index is 12.9. The standard InChI is InChI=1S/C22H21NO6/c1-11-4-17-21(22(24)29-11)20(12-5-13(25-2)7-14(6-12)26-3)15-8-18-19(28-10-27-18)9-16(15)23-17/h5-9,11,20,23H,4,10H2,1-3H3. The smallest absolute Gasteiger partial charge is 0.337 e. The van der Waals surface area contributed by atoms with Crippen molar-refractivity contribution in [1.29, 1.82) is 0 Å². The molecule has 2 aromatic carbocycles. The SMILES string of the molecule is COc1cc(OC)cc(C2C3=C(CC(C)OC3=O)Nc3cc4c(cc32)OCO4)c1. The van der Waals surface area contributed by atoms with E-state index in [1.54, 1.807) is 14.2 Å². The lowest BCUT2D eigenvalue weighted by Gasteiger charge is -2.35. The summed E-state index contributed by atoms with van der Waals surface area (Å²) in [5.74, 6) is 1.99. The summed E-state index contributed by atoms with van der Waals surface area (Å²) < 4.78 is 27.6. The Morgan fingerprint density at radius 1 is 1.00 bits per heavy atom. The molecule has 0 aromatic heterocycles. The number of esters is 1. The lowest BCUT2D eigenvalue weighted by molar-refractivity contribution is -0.145. The molecule has 2 atom stereocenters. The van der Waals surface area contributed by atoms with E-state index in [1.165, 1.54) is 0 Å². The molecule has 29 heavy (non-hydrogen) atoms. The zero-order valence-corrected chi connectivity index (χ0v) is 16.4. The molecule has 0 fully saturated rings. The molecule has 3 heterocycles. The highest BCUT2D eigenvalue weighted by atomic mass is 16.7. The summed E-state index contributed by atoms with van der Waals surface area (Å²) >= 11 is 0. The molecule has 1 N–H and O–H groups in total. The number of carbonyl (C=O) groups excluding carboxylic acids is 1. The Morgan fingerprint density at radius 3 is 2.38 bits per heavy atom. The topological polar surface area (TPSA) is 75.3 Å². The van der Waals surface area contributed by atoms with Crippen LogP contribution in [0.15, 0.2) is 41.6 Å². The number of anilines is 1. The van der Waals surface area contributed by atoms with Gasteiger partial charge in [-0.1, -0.05) is 0 Å². The van der Waals surface area contributed by atoms with Crippen LogP contribution in [-0.2, 0) is 9.53 Å². The van der Waals surface area contributed by atoms with Gasteiger partial charge in [0, 0.05) is 35.9 Å². The van der Waals surface area contributed by atoms with Gasteiger partial charge in [-0.15, -0.1) is 0 Å². The first-order valence-corrected chi connectivity index (χ1v) is 9.45. The Hall–Kier alpha value is -3.35. The summed E-state index contributed by atoms with van der Waals surface area (Å²) in [5, 5.41) is 3.43. The van der Waals surface area contributed by atoms with E-state index in [0.29, 0.717) is 35.0 Å². The van der Waals surface area contributed by atoms with Crippen LogP contribution in [0, 0.1) is 0 Å². The molecule has 2 unspecified atom stereocenters. The quantitative estimate of drug-likeness (QED) is 0.796. The fourth-order valence-electron chi connectivity index (χ4n) is 4.18. The summed E-state index contributed by atoms with van der Waals surface area (Å²) in [6.07, 6.45) is 0.428. The second kappa shape index (κ2) is 6.62. The van der Waals surface area contributed by atoms with Crippen molar-refractivity contribution >= 4 is 11.7 Å². The van der Waals surface area contributed by atoms with Crippen molar-refractivity contribution in [1.82, 2.24) is 0 Å². The number of benzene rings is 2. The maximum Gasteiger partial charge on any atom is 0.337 e. The van der Waals surface area contributed by atoms with Crippen LogP contribution in [0.1, 0.15) is 30.4 Å². The van der Waals surface area contributed by atoms with Crippen molar-refractivity contribution in [3.05, 3.63) is 52.7 Å². The maximum absolute atomic E-state index is 12.9. The molecule has 2 aromatic rings. The third-order valence-corrected chi connectivity index (χ3v) is 5.48. The molecule has 7 nitrogen and oxygen atoms in total. The van der Waals surface area contributed by atoms with Crippen LogP contribution in [0.4, 0.5) is 5.69 Å². The Morgan fingerprint density at radius 2 is 1.69 bits per heavy atom. The van der Waals surface area contributed by atoms with Gasteiger partial charge in [0.2, 0.25) is 6.79 Å². The van der Waals surface area contributed by atoms with E-state index >= 15 is 0 Å². The number of cyclic esters (lactones) is 1. The molecule has 5 rings (SSSR count). The van der Waals surface area contributed by atoms with Crippen molar-refractivity contribution in [2.24, 2.45) is 0 Å². The van der Waals surface area contributed by atoms with Gasteiger partial charge in [0.1, 0.15) is 17.6 Å². The Bertz CT molecular complexity index is 1020. The number of hydrogen-bond donors (Lipinski definition) is 1. The summed E-state index contributed by atoms with van der Waals surface area (Å²) in [7, 11) is 3.21. The number of methoxy groups -OCH3 is 2. The van der Waals surface area contributed by atoms with Gasteiger partial charge in [0.15, 0.2) is 11.5 Å². The zero-order chi connectivity index (χ0) is 20.1. The Labute approximate surface area is 168 Å². The minimum atomic E-state index is -0.347. The Balaban J connectivity index is 1.74. The molecule has 0 aliphatic carbocycles. The van der Waals surface area contributed by atoms with Gasteiger partial charge in [-0.05, 0) is 36.2 Å².